The van der Waals surface area contributed by atoms with Crippen LogP contribution < -0.4 is 0 Å². The Hall–Kier alpha value is -0.0400. The zero-order valence-corrected chi connectivity index (χ0v) is 7.88. The molecule has 2 fully saturated rings. The first-order valence-corrected chi connectivity index (χ1v) is 5.01. The van der Waals surface area contributed by atoms with Gasteiger partial charge in [0.2, 0.25) is 0 Å². The fraction of sp³-hybridized carbons (Fsp3) is 1.00. The molecule has 1 nitrogen and oxygen atoms in total. The van der Waals surface area contributed by atoms with Gasteiger partial charge in [-0.2, -0.15) is 0 Å². The highest BCUT2D eigenvalue weighted by atomic mass is 15.2. The highest BCUT2D eigenvalue weighted by molar-refractivity contribution is 5.10. The minimum atomic E-state index is 0.910. The van der Waals surface area contributed by atoms with Crippen molar-refractivity contribution in [2.45, 2.75) is 45.2 Å². The lowest BCUT2D eigenvalue weighted by atomic mass is 10.1. The van der Waals surface area contributed by atoms with E-state index in [0.29, 0.717) is 0 Å². The van der Waals surface area contributed by atoms with E-state index in [1.165, 1.54) is 19.3 Å². The second-order valence-corrected chi connectivity index (χ2v) is 4.19. The summed E-state index contributed by atoms with van der Waals surface area (Å²) in [6, 6.07) is 1.89. The Morgan fingerprint density at radius 2 is 2.00 bits per heavy atom. The maximum Gasteiger partial charge on any atom is 0.0159 e. The molecule has 0 bridgehead atoms. The van der Waals surface area contributed by atoms with Gasteiger partial charge in [-0.25, -0.2) is 0 Å². The van der Waals surface area contributed by atoms with Crippen LogP contribution in [0.15, 0.2) is 0 Å². The van der Waals surface area contributed by atoms with Gasteiger partial charge in [0.1, 0.15) is 0 Å². The molecule has 1 heterocycles. The van der Waals surface area contributed by atoms with Crippen molar-refractivity contribution in [1.29, 1.82) is 0 Å². The van der Waals surface area contributed by atoms with Crippen LogP contribution in [-0.2, 0) is 0 Å². The quantitative estimate of drug-likeness (QED) is 0.587. The zero-order chi connectivity index (χ0) is 8.01. The summed E-state index contributed by atoms with van der Waals surface area (Å²) in [7, 11) is 2.31. The third-order valence-electron chi connectivity index (χ3n) is 3.82. The second-order valence-electron chi connectivity index (χ2n) is 4.19. The van der Waals surface area contributed by atoms with Crippen LogP contribution in [0.3, 0.4) is 0 Å². The maximum atomic E-state index is 2.62. The predicted molar refractivity (Wildman–Crippen MR) is 47.5 cm³/mol. The fourth-order valence-electron chi connectivity index (χ4n) is 3.07. The van der Waals surface area contributed by atoms with Crippen LogP contribution in [0.1, 0.15) is 33.1 Å². The number of piperidine rings is 1. The van der Waals surface area contributed by atoms with Crippen LogP contribution in [-0.4, -0.2) is 24.0 Å². The smallest absolute Gasteiger partial charge is 0.0159 e. The molecule has 1 saturated heterocycles. The molecule has 2 rings (SSSR count). The fourth-order valence-corrected chi connectivity index (χ4v) is 3.07. The van der Waals surface area contributed by atoms with Crippen molar-refractivity contribution in [2.24, 2.45) is 11.8 Å². The van der Waals surface area contributed by atoms with Gasteiger partial charge in [0.05, 0.1) is 0 Å². The lowest BCUT2D eigenvalue weighted by Crippen LogP contribution is -2.29. The Labute approximate surface area is 69.8 Å². The molecule has 2 aliphatic rings. The van der Waals surface area contributed by atoms with Crippen molar-refractivity contribution in [3.8, 4) is 0 Å². The molecule has 1 heteroatoms. The Kier molecular flexibility index (Phi) is 1.71. The summed E-state index contributed by atoms with van der Waals surface area (Å²) in [4.78, 5) is 2.62. The van der Waals surface area contributed by atoms with Gasteiger partial charge >= 0.3 is 0 Å². The summed E-state index contributed by atoms with van der Waals surface area (Å²) in [5.74, 6) is 2.14. The third-order valence-corrected chi connectivity index (χ3v) is 3.82. The monoisotopic (exact) mass is 153 g/mol. The molecule has 1 saturated carbocycles. The van der Waals surface area contributed by atoms with E-state index in [1.54, 1.807) is 0 Å². The number of hydrogen-bond acceptors (Lipinski definition) is 1. The average molecular weight is 153 g/mol. The maximum absolute atomic E-state index is 2.62. The van der Waals surface area contributed by atoms with Gasteiger partial charge in [-0.05, 0) is 31.7 Å². The standard InChI is InChI=1S/C10H19N/c1-4-7-6-9-8(5-2)10(9)11(7)3/h7-10H,4-6H2,1-3H3/t7-,8?,9+,10?/m0/s1. The van der Waals surface area contributed by atoms with Gasteiger partial charge in [0, 0.05) is 12.1 Å². The van der Waals surface area contributed by atoms with Crippen LogP contribution in [0.25, 0.3) is 0 Å². The summed E-state index contributed by atoms with van der Waals surface area (Å²) in [6.07, 6.45) is 4.23. The van der Waals surface area contributed by atoms with Crippen molar-refractivity contribution in [2.75, 3.05) is 7.05 Å². The van der Waals surface area contributed by atoms with Crippen LogP contribution >= 0.6 is 0 Å². The SMILES string of the molecule is CCC1C2[C@@H]1C[C@H](CC)N2C. The van der Waals surface area contributed by atoms with Crippen LogP contribution in [0, 0.1) is 11.8 Å². The van der Waals surface area contributed by atoms with E-state index in [1.807, 2.05) is 0 Å². The summed E-state index contributed by atoms with van der Waals surface area (Å²) in [5, 5.41) is 0. The summed E-state index contributed by atoms with van der Waals surface area (Å²) >= 11 is 0. The molecule has 0 amide bonds. The highest BCUT2D eigenvalue weighted by Crippen LogP contribution is 2.54. The van der Waals surface area contributed by atoms with Gasteiger partial charge in [-0.1, -0.05) is 20.3 Å². The van der Waals surface area contributed by atoms with E-state index in [9.17, 15) is 0 Å². The van der Waals surface area contributed by atoms with E-state index in [-0.39, 0.29) is 0 Å². The number of rotatable bonds is 2. The molecular weight excluding hydrogens is 134 g/mol. The first-order valence-electron chi connectivity index (χ1n) is 5.01. The summed E-state index contributed by atoms with van der Waals surface area (Å²) < 4.78 is 0. The molecule has 0 spiro atoms. The number of likely N-dealkylation sites (tertiary alicyclic amines) is 1. The highest BCUT2D eigenvalue weighted by Gasteiger charge is 2.57. The van der Waals surface area contributed by atoms with E-state index < -0.39 is 0 Å². The molecule has 11 heavy (non-hydrogen) atoms. The van der Waals surface area contributed by atoms with Crippen LogP contribution in [0.2, 0.25) is 0 Å². The topological polar surface area (TPSA) is 3.24 Å². The summed E-state index contributed by atoms with van der Waals surface area (Å²) in [6.45, 7) is 4.64. The first-order chi connectivity index (χ1) is 5.29. The molecule has 0 aromatic carbocycles. The molecule has 1 aliphatic carbocycles. The van der Waals surface area contributed by atoms with E-state index in [0.717, 1.165) is 23.9 Å². The van der Waals surface area contributed by atoms with Gasteiger partial charge in [-0.3, -0.25) is 4.90 Å². The molecule has 2 unspecified atom stereocenters. The largest absolute Gasteiger partial charge is 0.300 e. The Morgan fingerprint density at radius 3 is 2.36 bits per heavy atom. The third kappa shape index (κ3) is 0.936. The first kappa shape index (κ1) is 7.60. The zero-order valence-electron chi connectivity index (χ0n) is 7.88. The second kappa shape index (κ2) is 2.48. The Morgan fingerprint density at radius 1 is 1.27 bits per heavy atom. The number of nitrogens with zero attached hydrogens (tertiary/aromatic N) is 1. The van der Waals surface area contributed by atoms with Crippen molar-refractivity contribution >= 4 is 0 Å². The molecular formula is C10H19N. The van der Waals surface area contributed by atoms with Crippen LogP contribution in [0.5, 0.6) is 0 Å². The van der Waals surface area contributed by atoms with Crippen LogP contribution in [0.4, 0.5) is 0 Å². The number of hydrogen-bond donors (Lipinski definition) is 0. The van der Waals surface area contributed by atoms with Gasteiger partial charge in [0.15, 0.2) is 0 Å². The van der Waals surface area contributed by atoms with Crippen molar-refractivity contribution in [3.05, 3.63) is 0 Å². The normalized spacial score (nSPS) is 49.4. The Bertz CT molecular complexity index is 155. The van der Waals surface area contributed by atoms with Gasteiger partial charge in [-0.15, -0.1) is 0 Å². The minimum Gasteiger partial charge on any atom is -0.300 e. The van der Waals surface area contributed by atoms with Gasteiger partial charge < -0.3 is 0 Å². The van der Waals surface area contributed by atoms with Gasteiger partial charge in [0.25, 0.3) is 0 Å². The summed E-state index contributed by atoms with van der Waals surface area (Å²) in [5.41, 5.74) is 0. The molecule has 0 aromatic rings. The van der Waals surface area contributed by atoms with Crippen molar-refractivity contribution in [1.82, 2.24) is 4.90 Å². The number of fused-ring (bicyclic) bond motifs is 1. The Balaban J connectivity index is 1.95. The predicted octanol–water partition coefficient (Wildman–Crippen LogP) is 2.13. The molecule has 0 radical (unpaired) electrons. The lowest BCUT2D eigenvalue weighted by molar-refractivity contribution is 0.239. The van der Waals surface area contributed by atoms with Crippen molar-refractivity contribution < 1.29 is 0 Å². The molecule has 0 N–H and O–H groups in total. The average Bonchev–Trinajstić information content (AvgIpc) is 2.63. The van der Waals surface area contributed by atoms with E-state index in [2.05, 4.69) is 25.8 Å². The molecule has 4 atom stereocenters. The van der Waals surface area contributed by atoms with E-state index in [4.69, 9.17) is 0 Å². The lowest BCUT2D eigenvalue weighted by Gasteiger charge is -2.22. The van der Waals surface area contributed by atoms with Crippen molar-refractivity contribution in [3.63, 3.8) is 0 Å². The van der Waals surface area contributed by atoms with E-state index >= 15 is 0 Å². The minimum absolute atomic E-state index is 0.910. The molecule has 64 valence electrons. The molecule has 0 aromatic heterocycles. The molecule has 1 aliphatic heterocycles.